The molecule has 0 saturated carbocycles. The molecule has 2 aromatic rings. The zero-order valence-corrected chi connectivity index (χ0v) is 13.1. The number of carbonyl (C=O) groups is 1. The average Bonchev–Trinajstić information content (AvgIpc) is 2.57. The van der Waals surface area contributed by atoms with Gasteiger partial charge in [-0.2, -0.15) is 0 Å². The summed E-state index contributed by atoms with van der Waals surface area (Å²) in [4.78, 5) is 16.3. The van der Waals surface area contributed by atoms with Crippen molar-refractivity contribution in [2.45, 2.75) is 6.92 Å². The lowest BCUT2D eigenvalue weighted by Crippen LogP contribution is -2.50. The van der Waals surface area contributed by atoms with Crippen LogP contribution in [-0.4, -0.2) is 37.1 Å². The Morgan fingerprint density at radius 3 is 2.39 bits per heavy atom. The van der Waals surface area contributed by atoms with Crippen LogP contribution in [0, 0.1) is 12.7 Å². The van der Waals surface area contributed by atoms with Gasteiger partial charge in [0.05, 0.1) is 0 Å². The summed E-state index contributed by atoms with van der Waals surface area (Å²) in [5.74, 6) is -0.310. The van der Waals surface area contributed by atoms with E-state index in [0.29, 0.717) is 18.8 Å². The van der Waals surface area contributed by atoms with E-state index in [-0.39, 0.29) is 11.8 Å². The molecule has 120 valence electrons. The standard InChI is InChI=1S/C18H20FN3O/c1-14-3-2-4-17(13-14)21-9-11-22(12-10-21)18(23)20-16-7-5-15(19)6-8-16/h2-8,13H,9-12H2,1H3,(H,20,23). The molecule has 23 heavy (non-hydrogen) atoms. The van der Waals surface area contributed by atoms with E-state index in [1.54, 1.807) is 17.0 Å². The van der Waals surface area contributed by atoms with Crippen LogP contribution in [0.5, 0.6) is 0 Å². The van der Waals surface area contributed by atoms with Crippen molar-refractivity contribution in [1.82, 2.24) is 4.90 Å². The van der Waals surface area contributed by atoms with Crippen LogP contribution in [0.3, 0.4) is 0 Å². The van der Waals surface area contributed by atoms with Gasteiger partial charge in [0.1, 0.15) is 5.82 Å². The van der Waals surface area contributed by atoms with Crippen LogP contribution in [0.1, 0.15) is 5.56 Å². The Labute approximate surface area is 135 Å². The molecule has 0 bridgehead atoms. The van der Waals surface area contributed by atoms with Gasteiger partial charge in [-0.3, -0.25) is 0 Å². The van der Waals surface area contributed by atoms with Gasteiger partial charge in [0.15, 0.2) is 0 Å². The lowest BCUT2D eigenvalue weighted by Gasteiger charge is -2.36. The summed E-state index contributed by atoms with van der Waals surface area (Å²) >= 11 is 0. The summed E-state index contributed by atoms with van der Waals surface area (Å²) in [6, 6.07) is 14.1. The Hall–Kier alpha value is -2.56. The second-order valence-corrected chi connectivity index (χ2v) is 5.75. The highest BCUT2D eigenvalue weighted by atomic mass is 19.1. The molecule has 2 amide bonds. The van der Waals surface area contributed by atoms with Gasteiger partial charge in [-0.05, 0) is 48.9 Å². The first-order valence-electron chi connectivity index (χ1n) is 7.75. The monoisotopic (exact) mass is 313 g/mol. The number of halogens is 1. The minimum absolute atomic E-state index is 0.138. The molecule has 1 aliphatic heterocycles. The lowest BCUT2D eigenvalue weighted by molar-refractivity contribution is 0.208. The second kappa shape index (κ2) is 6.69. The van der Waals surface area contributed by atoms with Gasteiger partial charge in [-0.15, -0.1) is 0 Å². The number of aryl methyl sites for hydroxylation is 1. The summed E-state index contributed by atoms with van der Waals surface area (Å²) in [5, 5.41) is 2.80. The van der Waals surface area contributed by atoms with Gasteiger partial charge in [0, 0.05) is 37.6 Å². The highest BCUT2D eigenvalue weighted by Crippen LogP contribution is 2.18. The van der Waals surface area contributed by atoms with E-state index in [9.17, 15) is 9.18 Å². The molecule has 1 N–H and O–H groups in total. The third-order valence-corrected chi connectivity index (χ3v) is 4.03. The number of urea groups is 1. The number of carbonyl (C=O) groups excluding carboxylic acids is 1. The van der Waals surface area contributed by atoms with E-state index in [4.69, 9.17) is 0 Å². The van der Waals surface area contributed by atoms with Crippen molar-refractivity contribution < 1.29 is 9.18 Å². The maximum absolute atomic E-state index is 12.9. The summed E-state index contributed by atoms with van der Waals surface area (Å²) in [6.07, 6.45) is 0. The van der Waals surface area contributed by atoms with Crippen LogP contribution in [-0.2, 0) is 0 Å². The molecule has 1 heterocycles. The number of hydrogen-bond acceptors (Lipinski definition) is 2. The number of hydrogen-bond donors (Lipinski definition) is 1. The zero-order chi connectivity index (χ0) is 16.2. The molecule has 1 fully saturated rings. The molecule has 5 heteroatoms. The number of nitrogens with one attached hydrogen (secondary N) is 1. The molecule has 2 aromatic carbocycles. The molecule has 0 spiro atoms. The Morgan fingerprint density at radius 2 is 1.74 bits per heavy atom. The van der Waals surface area contributed by atoms with Crippen LogP contribution in [0.2, 0.25) is 0 Å². The topological polar surface area (TPSA) is 35.6 Å². The van der Waals surface area contributed by atoms with Gasteiger partial charge in [0.2, 0.25) is 0 Å². The summed E-state index contributed by atoms with van der Waals surface area (Å²) < 4.78 is 12.9. The molecular formula is C18H20FN3O. The number of amides is 2. The van der Waals surface area contributed by atoms with Crippen molar-refractivity contribution >= 4 is 17.4 Å². The average molecular weight is 313 g/mol. The number of piperazine rings is 1. The van der Waals surface area contributed by atoms with Crippen molar-refractivity contribution in [2.24, 2.45) is 0 Å². The minimum atomic E-state index is -0.310. The van der Waals surface area contributed by atoms with E-state index in [1.807, 2.05) is 0 Å². The third kappa shape index (κ3) is 3.80. The fourth-order valence-corrected chi connectivity index (χ4v) is 2.73. The lowest BCUT2D eigenvalue weighted by atomic mass is 10.2. The van der Waals surface area contributed by atoms with E-state index in [0.717, 1.165) is 13.1 Å². The molecule has 0 aliphatic carbocycles. The van der Waals surface area contributed by atoms with Crippen molar-refractivity contribution in [1.29, 1.82) is 0 Å². The first-order valence-corrected chi connectivity index (χ1v) is 7.75. The maximum Gasteiger partial charge on any atom is 0.321 e. The molecule has 0 atom stereocenters. The van der Waals surface area contributed by atoms with E-state index >= 15 is 0 Å². The van der Waals surface area contributed by atoms with Crippen molar-refractivity contribution in [3.05, 3.63) is 59.9 Å². The zero-order valence-electron chi connectivity index (χ0n) is 13.1. The van der Waals surface area contributed by atoms with Crippen molar-refractivity contribution in [2.75, 3.05) is 36.4 Å². The summed E-state index contributed by atoms with van der Waals surface area (Å²) in [6.45, 7) is 5.03. The molecule has 0 aromatic heterocycles. The fraction of sp³-hybridized carbons (Fsp3) is 0.278. The number of benzene rings is 2. The SMILES string of the molecule is Cc1cccc(N2CCN(C(=O)Nc3ccc(F)cc3)CC2)c1. The first kappa shape index (κ1) is 15.3. The Morgan fingerprint density at radius 1 is 1.04 bits per heavy atom. The highest BCUT2D eigenvalue weighted by molar-refractivity contribution is 5.89. The smallest absolute Gasteiger partial charge is 0.321 e. The predicted octanol–water partition coefficient (Wildman–Crippen LogP) is 3.49. The molecule has 3 rings (SSSR count). The number of nitrogens with zero attached hydrogens (tertiary/aromatic N) is 2. The number of rotatable bonds is 2. The first-order chi connectivity index (χ1) is 11.1. The van der Waals surface area contributed by atoms with E-state index in [2.05, 4.69) is 41.4 Å². The van der Waals surface area contributed by atoms with Crippen molar-refractivity contribution in [3.8, 4) is 0 Å². The van der Waals surface area contributed by atoms with Gasteiger partial charge in [-0.25, -0.2) is 9.18 Å². The molecule has 0 unspecified atom stereocenters. The summed E-state index contributed by atoms with van der Waals surface area (Å²) in [5.41, 5.74) is 3.04. The molecule has 1 saturated heterocycles. The second-order valence-electron chi connectivity index (χ2n) is 5.75. The maximum atomic E-state index is 12.9. The van der Waals surface area contributed by atoms with Crippen LogP contribution >= 0.6 is 0 Å². The predicted molar refractivity (Wildman–Crippen MR) is 90.4 cm³/mol. The molecule has 1 aliphatic rings. The fourth-order valence-electron chi connectivity index (χ4n) is 2.73. The van der Waals surface area contributed by atoms with Gasteiger partial charge in [0.25, 0.3) is 0 Å². The van der Waals surface area contributed by atoms with Gasteiger partial charge >= 0.3 is 6.03 Å². The molecule has 4 nitrogen and oxygen atoms in total. The van der Waals surface area contributed by atoms with E-state index < -0.39 is 0 Å². The quantitative estimate of drug-likeness (QED) is 0.921. The molecule has 0 radical (unpaired) electrons. The van der Waals surface area contributed by atoms with Crippen LogP contribution in [0.15, 0.2) is 48.5 Å². The van der Waals surface area contributed by atoms with Gasteiger partial charge in [-0.1, -0.05) is 12.1 Å². The van der Waals surface area contributed by atoms with Crippen LogP contribution in [0.25, 0.3) is 0 Å². The largest absolute Gasteiger partial charge is 0.368 e. The molecular weight excluding hydrogens is 293 g/mol. The Balaban J connectivity index is 1.56. The summed E-state index contributed by atoms with van der Waals surface area (Å²) in [7, 11) is 0. The van der Waals surface area contributed by atoms with E-state index in [1.165, 1.54) is 23.4 Å². The van der Waals surface area contributed by atoms with Crippen molar-refractivity contribution in [3.63, 3.8) is 0 Å². The van der Waals surface area contributed by atoms with Crippen LogP contribution in [0.4, 0.5) is 20.6 Å². The van der Waals surface area contributed by atoms with Crippen LogP contribution < -0.4 is 10.2 Å². The third-order valence-electron chi connectivity index (χ3n) is 4.03. The van der Waals surface area contributed by atoms with Gasteiger partial charge < -0.3 is 15.1 Å². The number of anilines is 2. The minimum Gasteiger partial charge on any atom is -0.368 e. The highest BCUT2D eigenvalue weighted by Gasteiger charge is 2.21. The Kier molecular flexibility index (Phi) is 4.46. The normalized spacial score (nSPS) is 14.7. The Bertz CT molecular complexity index is 679.